The Kier molecular flexibility index (Phi) is 3.88. The van der Waals surface area contributed by atoms with Crippen molar-refractivity contribution >= 4 is 15.9 Å². The average Bonchev–Trinajstić information content (AvgIpc) is 3.16. The molecule has 0 aliphatic carbocycles. The Balaban J connectivity index is 1.62. The summed E-state index contributed by atoms with van der Waals surface area (Å²) in [6, 6.07) is 6.90. The van der Waals surface area contributed by atoms with Gasteiger partial charge in [-0.3, -0.25) is 0 Å². The van der Waals surface area contributed by atoms with Crippen LogP contribution in [-0.2, 0) is 17.1 Å². The predicted molar refractivity (Wildman–Crippen MR) is 92.6 cm³/mol. The zero-order valence-electron chi connectivity index (χ0n) is 13.9. The van der Waals surface area contributed by atoms with Gasteiger partial charge in [-0.25, -0.2) is 4.98 Å². The summed E-state index contributed by atoms with van der Waals surface area (Å²) in [5.41, 5.74) is 0.648. The van der Waals surface area contributed by atoms with Crippen molar-refractivity contribution in [2.45, 2.75) is 23.8 Å². The third-order valence-electron chi connectivity index (χ3n) is 4.94. The van der Waals surface area contributed by atoms with Crippen molar-refractivity contribution in [2.24, 2.45) is 17.4 Å². The van der Waals surface area contributed by atoms with Crippen molar-refractivity contribution in [2.75, 3.05) is 13.1 Å². The van der Waals surface area contributed by atoms with Crippen molar-refractivity contribution < 1.29 is 13.5 Å². The van der Waals surface area contributed by atoms with Crippen LogP contribution < -0.4 is 0 Å². The monoisotopic (exact) mass is 360 g/mol. The van der Waals surface area contributed by atoms with Crippen molar-refractivity contribution in [3.63, 3.8) is 0 Å². The van der Waals surface area contributed by atoms with E-state index < -0.39 is 16.1 Å². The number of imidazole rings is 1. The molecule has 1 aromatic heterocycles. The van der Waals surface area contributed by atoms with E-state index in [0.29, 0.717) is 23.8 Å². The van der Waals surface area contributed by atoms with Crippen LogP contribution in [-0.4, -0.2) is 46.9 Å². The summed E-state index contributed by atoms with van der Waals surface area (Å²) in [7, 11) is -1.77. The molecule has 1 aromatic carbocycles. The van der Waals surface area contributed by atoms with Crippen LogP contribution in [0.1, 0.15) is 30.3 Å². The van der Waals surface area contributed by atoms with E-state index in [9.17, 15) is 13.5 Å². The highest BCUT2D eigenvalue weighted by atomic mass is 32.2. The zero-order valence-corrected chi connectivity index (χ0v) is 14.7. The fourth-order valence-corrected chi connectivity index (χ4v) is 4.88. The molecule has 2 atom stereocenters. The first-order valence-electron chi connectivity index (χ1n) is 8.32. The molecule has 0 amide bonds. The number of aromatic nitrogens is 2. The molecule has 132 valence electrons. The highest BCUT2D eigenvalue weighted by molar-refractivity contribution is 7.90. The number of nitrogens with zero attached hydrogens (tertiary/aromatic N) is 4. The molecule has 1 fully saturated rings. The number of benzene rings is 1. The maximum absolute atomic E-state index is 12.3. The van der Waals surface area contributed by atoms with Crippen LogP contribution in [0.25, 0.3) is 0 Å². The van der Waals surface area contributed by atoms with Gasteiger partial charge in [-0.15, -0.1) is 4.40 Å². The molecular formula is C17H20N4O3S. The Morgan fingerprint density at radius 3 is 2.88 bits per heavy atom. The van der Waals surface area contributed by atoms with Gasteiger partial charge in [-0.05, 0) is 25.0 Å². The first kappa shape index (κ1) is 16.3. The molecule has 7 nitrogen and oxygen atoms in total. The average molecular weight is 360 g/mol. The highest BCUT2D eigenvalue weighted by Crippen LogP contribution is 2.33. The lowest BCUT2D eigenvalue weighted by molar-refractivity contribution is 0.0619. The van der Waals surface area contributed by atoms with Gasteiger partial charge < -0.3 is 14.6 Å². The summed E-state index contributed by atoms with van der Waals surface area (Å²) in [6.45, 7) is 1.28. The Hall–Kier alpha value is -2.19. The molecule has 1 N–H and O–H groups in total. The first-order chi connectivity index (χ1) is 12.0. The molecule has 2 aliphatic heterocycles. The molecule has 0 saturated carbocycles. The van der Waals surface area contributed by atoms with Crippen LogP contribution in [0, 0.1) is 5.92 Å². The predicted octanol–water partition coefficient (Wildman–Crippen LogP) is 1.31. The second-order valence-corrected chi connectivity index (χ2v) is 8.15. The molecule has 0 bridgehead atoms. The topological polar surface area (TPSA) is 87.8 Å². The molecule has 8 heteroatoms. The van der Waals surface area contributed by atoms with Gasteiger partial charge in [-0.2, -0.15) is 8.42 Å². The number of likely N-dealkylation sites (tertiary alicyclic amines) is 1. The summed E-state index contributed by atoms with van der Waals surface area (Å²) in [5, 5.41) is 10.7. The van der Waals surface area contributed by atoms with Gasteiger partial charge in [0, 0.05) is 44.0 Å². The van der Waals surface area contributed by atoms with Crippen molar-refractivity contribution in [1.82, 2.24) is 14.5 Å². The van der Waals surface area contributed by atoms with E-state index in [1.54, 1.807) is 24.4 Å². The fourth-order valence-electron chi connectivity index (χ4n) is 3.65. The molecule has 3 heterocycles. The maximum atomic E-state index is 12.3. The van der Waals surface area contributed by atoms with Crippen molar-refractivity contribution in [3.05, 3.63) is 48.0 Å². The van der Waals surface area contributed by atoms with E-state index in [1.807, 2.05) is 28.8 Å². The van der Waals surface area contributed by atoms with E-state index in [4.69, 9.17) is 0 Å². The number of fused-ring (bicyclic) bond motifs is 1. The molecule has 0 radical (unpaired) electrons. The van der Waals surface area contributed by atoms with E-state index >= 15 is 0 Å². The summed E-state index contributed by atoms with van der Waals surface area (Å²) < 4.78 is 30.4. The van der Waals surface area contributed by atoms with Gasteiger partial charge in [0.15, 0.2) is 5.84 Å². The number of aliphatic hydroxyl groups is 1. The smallest absolute Gasteiger partial charge is 0.285 e. The normalized spacial score (nSPS) is 23.2. The molecule has 2 unspecified atom stereocenters. The number of hydrogen-bond donors (Lipinski definition) is 1. The molecule has 25 heavy (non-hydrogen) atoms. The standard InChI is InChI=1S/C17H20N4O3S/c1-20-10-8-18-17(20)15(22)12-5-4-9-21(11-12)16-13-6-2-3-7-14(13)25(23,24)19-16/h2-3,6-8,10,12,15,22H,4-5,9,11H2,1H3. The maximum Gasteiger partial charge on any atom is 0.285 e. The largest absolute Gasteiger partial charge is 0.385 e. The van der Waals surface area contributed by atoms with E-state index in [2.05, 4.69) is 9.38 Å². The Labute approximate surface area is 146 Å². The third-order valence-corrected chi connectivity index (χ3v) is 6.26. The van der Waals surface area contributed by atoms with Crippen molar-refractivity contribution in [1.29, 1.82) is 0 Å². The number of sulfonamides is 1. The van der Waals surface area contributed by atoms with Gasteiger partial charge in [0.25, 0.3) is 10.0 Å². The van der Waals surface area contributed by atoms with Gasteiger partial charge in [-0.1, -0.05) is 12.1 Å². The molecule has 2 aliphatic rings. The minimum absolute atomic E-state index is 0.0204. The number of aryl methyl sites for hydroxylation is 1. The van der Waals surface area contributed by atoms with E-state index in [1.165, 1.54) is 0 Å². The molecular weight excluding hydrogens is 340 g/mol. The van der Waals surface area contributed by atoms with Gasteiger partial charge in [0.1, 0.15) is 16.8 Å². The zero-order chi connectivity index (χ0) is 17.6. The van der Waals surface area contributed by atoms with Crippen molar-refractivity contribution in [3.8, 4) is 0 Å². The fraction of sp³-hybridized carbons (Fsp3) is 0.412. The Morgan fingerprint density at radius 1 is 1.32 bits per heavy atom. The Bertz CT molecular complexity index is 935. The lowest BCUT2D eigenvalue weighted by Gasteiger charge is -2.36. The summed E-state index contributed by atoms with van der Waals surface area (Å²) >= 11 is 0. The number of amidine groups is 1. The lowest BCUT2D eigenvalue weighted by atomic mass is 9.91. The van der Waals surface area contributed by atoms with Crippen LogP contribution in [0.3, 0.4) is 0 Å². The summed E-state index contributed by atoms with van der Waals surface area (Å²) in [5.74, 6) is 1.11. The van der Waals surface area contributed by atoms with Crippen LogP contribution in [0.15, 0.2) is 46.0 Å². The Morgan fingerprint density at radius 2 is 2.12 bits per heavy atom. The molecule has 2 aromatic rings. The second kappa shape index (κ2) is 5.96. The van der Waals surface area contributed by atoms with Gasteiger partial charge >= 0.3 is 0 Å². The second-order valence-electron chi connectivity index (χ2n) is 6.58. The number of piperidine rings is 1. The van der Waals surface area contributed by atoms with Crippen LogP contribution >= 0.6 is 0 Å². The minimum Gasteiger partial charge on any atom is -0.385 e. The molecule has 0 spiro atoms. The van der Waals surface area contributed by atoms with Crippen LogP contribution in [0.5, 0.6) is 0 Å². The molecule has 4 rings (SSSR count). The van der Waals surface area contributed by atoms with Crippen LogP contribution in [0.2, 0.25) is 0 Å². The summed E-state index contributed by atoms with van der Waals surface area (Å²) in [6.07, 6.45) is 4.53. The van der Waals surface area contributed by atoms with Gasteiger partial charge in [0.05, 0.1) is 0 Å². The van der Waals surface area contributed by atoms with E-state index in [0.717, 1.165) is 19.4 Å². The minimum atomic E-state index is -3.62. The lowest BCUT2D eigenvalue weighted by Crippen LogP contribution is -2.42. The van der Waals surface area contributed by atoms with Crippen LogP contribution in [0.4, 0.5) is 0 Å². The number of aliphatic hydroxyl groups excluding tert-OH is 1. The number of rotatable bonds is 2. The first-order valence-corrected chi connectivity index (χ1v) is 9.76. The SMILES string of the molecule is Cn1ccnc1C(O)C1CCCN(C2=NS(=O)(=O)c3ccccc32)C1. The summed E-state index contributed by atoms with van der Waals surface area (Å²) in [4.78, 5) is 6.48. The molecule has 1 saturated heterocycles. The highest BCUT2D eigenvalue weighted by Gasteiger charge is 2.36. The quantitative estimate of drug-likeness (QED) is 0.873. The number of hydrogen-bond acceptors (Lipinski definition) is 5. The van der Waals surface area contributed by atoms with Gasteiger partial charge in [0.2, 0.25) is 0 Å². The van der Waals surface area contributed by atoms with E-state index in [-0.39, 0.29) is 10.8 Å². The third kappa shape index (κ3) is 2.75.